The Bertz CT molecular complexity index is 2110. The summed E-state index contributed by atoms with van der Waals surface area (Å²) in [6, 6.07) is 0.894. The molecule has 0 radical (unpaired) electrons. The number of phenols is 2. The van der Waals surface area contributed by atoms with Gasteiger partial charge in [-0.1, -0.05) is 38.1 Å². The number of hydrogen-bond acceptors (Lipinski definition) is 14. The molecule has 0 aliphatic rings. The number of nitrogens with zero attached hydrogens (tertiary/aromatic N) is 2. The summed E-state index contributed by atoms with van der Waals surface area (Å²) in [7, 11) is 0. The lowest BCUT2D eigenvalue weighted by molar-refractivity contribution is -0.144. The van der Waals surface area contributed by atoms with Crippen molar-refractivity contribution in [2.75, 3.05) is 19.7 Å². The van der Waals surface area contributed by atoms with Gasteiger partial charge >= 0.3 is 11.9 Å². The average molecular weight is 972 g/mol. The smallest absolute Gasteiger partial charge is 0.326 e. The predicted octanol–water partition coefficient (Wildman–Crippen LogP) is -4.18. The van der Waals surface area contributed by atoms with Crippen molar-refractivity contribution in [3.63, 3.8) is 0 Å². The molecular formula is C43H65N13O13. The Morgan fingerprint density at radius 2 is 0.899 bits per heavy atom. The molecule has 2 rings (SSSR count). The molecule has 0 unspecified atom stereocenters. The van der Waals surface area contributed by atoms with Gasteiger partial charge in [0.25, 0.3) is 0 Å². The van der Waals surface area contributed by atoms with E-state index in [0.717, 1.165) is 0 Å². The molecule has 7 atom stereocenters. The maximum atomic E-state index is 14.3. The zero-order valence-corrected chi connectivity index (χ0v) is 38.3. The SMILES string of the molecule is CC(C)[C@H](NC(=O)[C@H](CO)NC(=O)[C@H](CCCN=C(N)N)NC(=O)[C@H](Cc1ccc(O)cc1)NC(=O)[C@H](CCCN=C(N)N)NC(=O)[C@H](Cc1ccc(O)cc1)NC(=O)[C@@H](N)CCC(=O)O)C(=O)O. The highest BCUT2D eigenvalue weighted by atomic mass is 16.4. The van der Waals surface area contributed by atoms with Crippen molar-refractivity contribution >= 4 is 59.3 Å². The summed E-state index contributed by atoms with van der Waals surface area (Å²) in [6.07, 6.45) is -1.34. The van der Waals surface area contributed by atoms with E-state index in [-0.39, 0.29) is 81.5 Å². The molecular weight excluding hydrogens is 907 g/mol. The standard InChI is InChI=1S/C43H65N13O13/c1-22(2)34(41(68)69)56-40(67)32(21-57)55-37(64)29(6-4-18-50-43(47)48)52-39(66)31(20-24-9-13-26(59)14-10-24)54-36(63)28(5-3-17-49-42(45)46)51-38(65)30(19-23-7-11-25(58)12-8-23)53-35(62)27(44)15-16-33(60)61/h7-14,22,27-32,34,57-59H,3-6,15-21,44H2,1-2H3,(H,51,65)(H,52,66)(H,53,62)(H,54,63)(H,55,64)(H,56,67)(H,60,61)(H,68,69)(H4,45,46,49)(H4,47,48,50)/t27-,28-,29-,30-,31-,32-,34-/m0/s1. The molecule has 0 bridgehead atoms. The summed E-state index contributed by atoms with van der Waals surface area (Å²) >= 11 is 0. The number of hydrogen-bond donors (Lipinski definition) is 16. The molecule has 0 fully saturated rings. The largest absolute Gasteiger partial charge is 0.508 e. The monoisotopic (exact) mass is 971 g/mol. The van der Waals surface area contributed by atoms with Crippen LogP contribution in [0.1, 0.15) is 63.5 Å². The summed E-state index contributed by atoms with van der Waals surface area (Å²) in [6.45, 7) is 2.07. The van der Waals surface area contributed by atoms with Crippen molar-refractivity contribution in [1.29, 1.82) is 0 Å². The lowest BCUT2D eigenvalue weighted by atomic mass is 10.0. The van der Waals surface area contributed by atoms with Crippen LogP contribution >= 0.6 is 0 Å². The minimum Gasteiger partial charge on any atom is -0.508 e. The lowest BCUT2D eigenvalue weighted by Crippen LogP contribution is -2.60. The summed E-state index contributed by atoms with van der Waals surface area (Å²) < 4.78 is 0. The fraction of sp³-hybridized carbons (Fsp3) is 0.488. The average Bonchev–Trinajstić information content (AvgIpc) is 3.28. The Morgan fingerprint density at radius 1 is 0.536 bits per heavy atom. The number of benzene rings is 2. The zero-order valence-electron chi connectivity index (χ0n) is 38.3. The van der Waals surface area contributed by atoms with E-state index in [0.29, 0.717) is 11.1 Å². The van der Waals surface area contributed by atoms with Crippen LogP contribution in [0.4, 0.5) is 0 Å². The number of aromatic hydroxyl groups is 2. The zero-order chi connectivity index (χ0) is 51.8. The van der Waals surface area contributed by atoms with E-state index in [1.165, 1.54) is 62.4 Å². The first kappa shape index (κ1) is 57.4. The Morgan fingerprint density at radius 3 is 1.26 bits per heavy atom. The number of guanidine groups is 2. The van der Waals surface area contributed by atoms with Crippen molar-refractivity contribution in [3.05, 3.63) is 59.7 Å². The molecule has 0 aliphatic heterocycles. The third-order valence-electron chi connectivity index (χ3n) is 10.2. The highest BCUT2D eigenvalue weighted by molar-refractivity contribution is 5.97. The van der Waals surface area contributed by atoms with Gasteiger partial charge in [0.05, 0.1) is 12.6 Å². The van der Waals surface area contributed by atoms with E-state index in [1.807, 2.05) is 0 Å². The van der Waals surface area contributed by atoms with Crippen molar-refractivity contribution in [3.8, 4) is 11.5 Å². The van der Waals surface area contributed by atoms with Crippen molar-refractivity contribution in [1.82, 2.24) is 31.9 Å². The van der Waals surface area contributed by atoms with Crippen LogP contribution in [-0.2, 0) is 51.2 Å². The number of carbonyl (C=O) groups excluding carboxylic acids is 6. The molecule has 0 aromatic heterocycles. The number of aliphatic imine (C=N–C) groups is 2. The number of rotatable bonds is 30. The summed E-state index contributed by atoms with van der Waals surface area (Å²) in [5.41, 5.74) is 28.7. The predicted molar refractivity (Wildman–Crippen MR) is 249 cm³/mol. The fourth-order valence-electron chi connectivity index (χ4n) is 6.44. The van der Waals surface area contributed by atoms with Crippen LogP contribution in [0.15, 0.2) is 58.5 Å². The molecule has 21 N–H and O–H groups in total. The van der Waals surface area contributed by atoms with Crippen LogP contribution in [0.2, 0.25) is 0 Å². The highest BCUT2D eigenvalue weighted by Crippen LogP contribution is 2.15. The second-order valence-electron chi connectivity index (χ2n) is 16.2. The van der Waals surface area contributed by atoms with Crippen molar-refractivity contribution in [2.24, 2.45) is 44.6 Å². The summed E-state index contributed by atoms with van der Waals surface area (Å²) in [5.74, 6) is -9.61. The van der Waals surface area contributed by atoms with Crippen molar-refractivity contribution in [2.45, 2.75) is 108 Å². The topological polar surface area (TPSA) is 465 Å². The number of aliphatic hydroxyl groups is 1. The third-order valence-corrected chi connectivity index (χ3v) is 10.2. The lowest BCUT2D eigenvalue weighted by Gasteiger charge is -2.28. The number of nitrogens with two attached hydrogens (primary N) is 5. The maximum Gasteiger partial charge on any atom is 0.326 e. The van der Waals surface area contributed by atoms with Gasteiger partial charge in [-0.25, -0.2) is 4.79 Å². The minimum absolute atomic E-state index is 0.0105. The molecule has 380 valence electrons. The number of carboxylic acids is 2. The van der Waals surface area contributed by atoms with Gasteiger partial charge in [-0.05, 0) is 73.4 Å². The van der Waals surface area contributed by atoms with E-state index in [2.05, 4.69) is 41.9 Å². The molecule has 2 aromatic carbocycles. The Hall–Kier alpha value is -7.74. The van der Waals surface area contributed by atoms with E-state index in [4.69, 9.17) is 33.8 Å². The minimum atomic E-state index is -1.67. The molecule has 0 heterocycles. The van der Waals surface area contributed by atoms with Crippen LogP contribution < -0.4 is 60.6 Å². The van der Waals surface area contributed by atoms with Gasteiger partial charge in [0, 0.05) is 32.4 Å². The Balaban J connectivity index is 2.56. The maximum absolute atomic E-state index is 14.3. The van der Waals surface area contributed by atoms with Gasteiger partial charge in [-0.2, -0.15) is 0 Å². The highest BCUT2D eigenvalue weighted by Gasteiger charge is 2.34. The van der Waals surface area contributed by atoms with Crippen LogP contribution in [0.25, 0.3) is 0 Å². The number of phenolic OH excluding ortho intramolecular Hbond substituents is 2. The van der Waals surface area contributed by atoms with Gasteiger partial charge < -0.3 is 86.1 Å². The molecule has 0 aliphatic carbocycles. The van der Waals surface area contributed by atoms with E-state index >= 15 is 0 Å². The van der Waals surface area contributed by atoms with Gasteiger partial charge in [-0.15, -0.1) is 0 Å². The van der Waals surface area contributed by atoms with Crippen molar-refractivity contribution < 1.29 is 63.9 Å². The number of nitrogens with one attached hydrogen (secondary N) is 6. The molecule has 26 nitrogen and oxygen atoms in total. The molecule has 6 amide bonds. The summed E-state index contributed by atoms with van der Waals surface area (Å²) in [4.78, 5) is 113. The molecule has 0 spiro atoms. The number of aliphatic carboxylic acids is 2. The number of aliphatic hydroxyl groups excluding tert-OH is 1. The second-order valence-corrected chi connectivity index (χ2v) is 16.2. The van der Waals surface area contributed by atoms with Gasteiger partial charge in [0.15, 0.2) is 11.9 Å². The van der Waals surface area contributed by atoms with E-state index < -0.39 is 109 Å². The molecule has 26 heteroatoms. The molecule has 0 saturated carbocycles. The second kappa shape index (κ2) is 29.1. The Kier molecular flexibility index (Phi) is 24.2. The Labute approximate surface area is 397 Å². The van der Waals surface area contributed by atoms with Gasteiger partial charge in [-0.3, -0.25) is 43.5 Å². The number of carbonyl (C=O) groups is 8. The van der Waals surface area contributed by atoms with Gasteiger partial charge in [0.1, 0.15) is 47.8 Å². The van der Waals surface area contributed by atoms with Crippen LogP contribution in [0, 0.1) is 5.92 Å². The normalized spacial score (nSPS) is 13.9. The van der Waals surface area contributed by atoms with Crippen LogP contribution in [0.3, 0.4) is 0 Å². The van der Waals surface area contributed by atoms with Crippen LogP contribution in [0.5, 0.6) is 11.5 Å². The quantitative estimate of drug-likeness (QED) is 0.0201. The molecule has 69 heavy (non-hydrogen) atoms. The first-order chi connectivity index (χ1) is 32.5. The van der Waals surface area contributed by atoms with Crippen LogP contribution in [-0.4, -0.2) is 147 Å². The summed E-state index contributed by atoms with van der Waals surface area (Å²) in [5, 5.41) is 63.3. The molecule has 0 saturated heterocycles. The molecule has 2 aromatic rings. The third kappa shape index (κ3) is 21.6. The van der Waals surface area contributed by atoms with E-state index in [9.17, 15) is 58.8 Å². The van der Waals surface area contributed by atoms with Gasteiger partial charge in [0.2, 0.25) is 35.4 Å². The number of amides is 6. The van der Waals surface area contributed by atoms with E-state index in [1.54, 1.807) is 0 Å². The number of carboxylic acid groups (broad SMARTS) is 2. The first-order valence-corrected chi connectivity index (χ1v) is 21.8. The first-order valence-electron chi connectivity index (χ1n) is 21.8. The fourth-order valence-corrected chi connectivity index (χ4v) is 6.44.